The maximum Gasteiger partial charge on any atom is 0.329 e. The predicted octanol–water partition coefficient (Wildman–Crippen LogP) is 2.32. The molecule has 0 spiro atoms. The van der Waals surface area contributed by atoms with E-state index in [9.17, 15) is 24.0 Å². The van der Waals surface area contributed by atoms with Crippen LogP contribution < -0.4 is 16.0 Å². The molecule has 0 saturated carbocycles. The first-order valence-electron chi connectivity index (χ1n) is 12.3. The molecular formula is C25H37N3O6S2. The van der Waals surface area contributed by atoms with Crippen LogP contribution in [0.15, 0.2) is 23.8 Å². The van der Waals surface area contributed by atoms with Crippen LogP contribution in [0.2, 0.25) is 0 Å². The van der Waals surface area contributed by atoms with Gasteiger partial charge >= 0.3 is 5.97 Å². The Morgan fingerprint density at radius 3 is 2.31 bits per heavy atom. The first-order valence-corrected chi connectivity index (χ1v) is 14.8. The number of nitrogens with one attached hydrogen (secondary N) is 3. The minimum Gasteiger partial charge on any atom is -0.456 e. The number of fused-ring (bicyclic) bond motifs is 7. The van der Waals surface area contributed by atoms with Gasteiger partial charge in [-0.2, -0.15) is 0 Å². The molecule has 2 bridgehead atoms. The summed E-state index contributed by atoms with van der Waals surface area (Å²) in [6.45, 7) is 8.88. The van der Waals surface area contributed by atoms with Crippen LogP contribution in [0.25, 0.3) is 0 Å². The number of ketones is 1. The normalized spacial score (nSPS) is 27.6. The Hall–Kier alpha value is -2.27. The maximum absolute atomic E-state index is 13.2. The van der Waals surface area contributed by atoms with Crippen LogP contribution >= 0.6 is 21.6 Å². The van der Waals surface area contributed by atoms with Gasteiger partial charge < -0.3 is 20.7 Å². The zero-order valence-electron chi connectivity index (χ0n) is 21.5. The molecule has 0 aliphatic carbocycles. The van der Waals surface area contributed by atoms with E-state index in [-0.39, 0.29) is 30.3 Å². The molecule has 3 amide bonds. The summed E-state index contributed by atoms with van der Waals surface area (Å²) in [6, 6.07) is -2.73. The van der Waals surface area contributed by atoms with Crippen molar-refractivity contribution >= 4 is 51.1 Å². The number of hydrogen-bond donors (Lipinski definition) is 3. The van der Waals surface area contributed by atoms with Crippen LogP contribution in [0.3, 0.4) is 0 Å². The molecule has 0 saturated heterocycles. The SMILES string of the molecule is CCC1=CC(=O)[C@H]2CSSCCC=C[C@H](CC(=O)N[C@H](C(C)C)C(=O)N2)OC(=O)C(C(C)C)NC1=O. The molecule has 11 heteroatoms. The summed E-state index contributed by atoms with van der Waals surface area (Å²) < 4.78 is 5.67. The Balaban J connectivity index is 2.60. The third kappa shape index (κ3) is 8.99. The van der Waals surface area contributed by atoms with Crippen molar-refractivity contribution < 1.29 is 28.7 Å². The Morgan fingerprint density at radius 2 is 1.67 bits per heavy atom. The summed E-state index contributed by atoms with van der Waals surface area (Å²) in [5.41, 5.74) is 0.205. The van der Waals surface area contributed by atoms with E-state index in [2.05, 4.69) is 16.0 Å². The highest BCUT2D eigenvalue weighted by atomic mass is 33.1. The number of carbonyl (C=O) groups excluding carboxylic acids is 5. The molecule has 200 valence electrons. The zero-order chi connectivity index (χ0) is 26.8. The fourth-order valence-electron chi connectivity index (χ4n) is 3.65. The van der Waals surface area contributed by atoms with E-state index in [0.717, 1.165) is 5.75 Å². The highest BCUT2D eigenvalue weighted by molar-refractivity contribution is 8.76. The van der Waals surface area contributed by atoms with Gasteiger partial charge in [-0.3, -0.25) is 19.2 Å². The molecule has 0 aromatic heterocycles. The van der Waals surface area contributed by atoms with Gasteiger partial charge in [-0.25, -0.2) is 4.79 Å². The van der Waals surface area contributed by atoms with Crippen molar-refractivity contribution in [2.24, 2.45) is 11.8 Å². The number of rotatable bonds is 3. The minimum atomic E-state index is -0.963. The summed E-state index contributed by atoms with van der Waals surface area (Å²) in [5.74, 6) is -2.10. The molecule has 1 unspecified atom stereocenters. The molecule has 0 aromatic carbocycles. The Morgan fingerprint density at radius 1 is 0.972 bits per heavy atom. The standard InChI is InChI=1S/C25H37N3O6S2/c1-6-16-11-19(29)18-13-36-35-10-8-7-9-17(34-25(33)22(15(4)5)28-23(16)31)12-20(30)27-21(14(2)3)24(32)26-18/h7,9,11,14-15,17-18,21-22H,6,8,10,12-13H2,1-5H3,(H,26,32)(H,27,30)(H,28,31)/t17-,18-,21-,22?/m1/s1. The Labute approximate surface area is 220 Å². The smallest absolute Gasteiger partial charge is 0.329 e. The number of esters is 1. The Bertz CT molecular complexity index is 902. The number of allylic oxidation sites excluding steroid dienone is 1. The molecule has 0 aromatic rings. The summed E-state index contributed by atoms with van der Waals surface area (Å²) in [7, 11) is 3.00. The molecule has 0 fully saturated rings. The van der Waals surface area contributed by atoms with Gasteiger partial charge in [0.2, 0.25) is 17.7 Å². The van der Waals surface area contributed by atoms with Crippen molar-refractivity contribution in [3.8, 4) is 0 Å². The number of amides is 3. The van der Waals surface area contributed by atoms with Crippen LogP contribution in [-0.2, 0) is 28.7 Å². The summed E-state index contributed by atoms with van der Waals surface area (Å²) in [5, 5.41) is 8.21. The van der Waals surface area contributed by atoms with Gasteiger partial charge in [0.05, 0.1) is 6.42 Å². The van der Waals surface area contributed by atoms with E-state index < -0.39 is 53.7 Å². The summed E-state index contributed by atoms with van der Waals surface area (Å²) in [4.78, 5) is 65.4. The number of carbonyl (C=O) groups is 5. The van der Waals surface area contributed by atoms with Gasteiger partial charge in [-0.05, 0) is 36.8 Å². The van der Waals surface area contributed by atoms with Crippen LogP contribution in [0, 0.1) is 11.8 Å². The van der Waals surface area contributed by atoms with Gasteiger partial charge in [0.1, 0.15) is 24.2 Å². The van der Waals surface area contributed by atoms with Crippen LogP contribution in [0.5, 0.6) is 0 Å². The largest absolute Gasteiger partial charge is 0.456 e. The number of ether oxygens (including phenoxy) is 1. The average molecular weight is 540 g/mol. The van der Waals surface area contributed by atoms with Crippen molar-refractivity contribution in [2.75, 3.05) is 11.5 Å². The second-order valence-corrected chi connectivity index (χ2v) is 12.1. The molecule has 9 nitrogen and oxygen atoms in total. The molecule has 2 aliphatic heterocycles. The molecule has 2 rings (SSSR count). The molecule has 4 atom stereocenters. The van der Waals surface area contributed by atoms with E-state index in [1.165, 1.54) is 16.9 Å². The lowest BCUT2D eigenvalue weighted by atomic mass is 10.0. The van der Waals surface area contributed by atoms with Crippen molar-refractivity contribution in [3.63, 3.8) is 0 Å². The minimum absolute atomic E-state index is 0.179. The third-order valence-electron chi connectivity index (χ3n) is 5.81. The summed E-state index contributed by atoms with van der Waals surface area (Å²) >= 11 is 0. The monoisotopic (exact) mass is 539 g/mol. The molecule has 0 radical (unpaired) electrons. The van der Waals surface area contributed by atoms with Gasteiger partial charge in [0.15, 0.2) is 5.78 Å². The Kier molecular flexibility index (Phi) is 12.0. The van der Waals surface area contributed by atoms with Gasteiger partial charge in [-0.1, -0.05) is 62.3 Å². The van der Waals surface area contributed by atoms with Crippen molar-refractivity contribution in [2.45, 2.75) is 78.1 Å². The quantitative estimate of drug-likeness (QED) is 0.283. The highest BCUT2D eigenvalue weighted by Crippen LogP contribution is 2.24. The van der Waals surface area contributed by atoms with Gasteiger partial charge in [0, 0.05) is 17.1 Å². The lowest BCUT2D eigenvalue weighted by Crippen LogP contribution is -2.54. The van der Waals surface area contributed by atoms with Crippen LogP contribution in [-0.4, -0.2) is 65.2 Å². The van der Waals surface area contributed by atoms with Crippen LogP contribution in [0.4, 0.5) is 0 Å². The lowest BCUT2D eigenvalue weighted by Gasteiger charge is -2.27. The first-order chi connectivity index (χ1) is 17.0. The van der Waals surface area contributed by atoms with Crippen molar-refractivity contribution in [3.05, 3.63) is 23.8 Å². The molecule has 3 N–H and O–H groups in total. The maximum atomic E-state index is 13.2. The average Bonchev–Trinajstić information content (AvgIpc) is 2.81. The van der Waals surface area contributed by atoms with E-state index >= 15 is 0 Å². The highest BCUT2D eigenvalue weighted by Gasteiger charge is 2.32. The zero-order valence-corrected chi connectivity index (χ0v) is 23.1. The van der Waals surface area contributed by atoms with Crippen molar-refractivity contribution in [1.82, 2.24) is 16.0 Å². The second kappa shape index (κ2) is 14.5. The van der Waals surface area contributed by atoms with E-state index in [1.54, 1.807) is 51.5 Å². The van der Waals surface area contributed by atoms with E-state index in [4.69, 9.17) is 4.74 Å². The second-order valence-electron chi connectivity index (χ2n) is 9.47. The molecular weight excluding hydrogens is 502 g/mol. The number of hydrogen-bond acceptors (Lipinski definition) is 8. The molecule has 2 heterocycles. The van der Waals surface area contributed by atoms with Crippen LogP contribution in [0.1, 0.15) is 53.9 Å². The van der Waals surface area contributed by atoms with E-state index in [0.29, 0.717) is 12.2 Å². The van der Waals surface area contributed by atoms with Gasteiger partial charge in [0.25, 0.3) is 0 Å². The topological polar surface area (TPSA) is 131 Å². The summed E-state index contributed by atoms with van der Waals surface area (Å²) in [6.07, 6.45) is 4.65. The lowest BCUT2D eigenvalue weighted by molar-refractivity contribution is -0.153. The first kappa shape index (κ1) is 30.0. The predicted molar refractivity (Wildman–Crippen MR) is 142 cm³/mol. The fraction of sp³-hybridized carbons (Fsp3) is 0.640. The molecule has 2 aliphatic rings. The molecule has 36 heavy (non-hydrogen) atoms. The fourth-order valence-corrected chi connectivity index (χ4v) is 5.82. The van der Waals surface area contributed by atoms with E-state index in [1.807, 2.05) is 6.08 Å². The third-order valence-corrected chi connectivity index (χ3v) is 8.26. The van der Waals surface area contributed by atoms with Gasteiger partial charge in [-0.15, -0.1) is 0 Å². The van der Waals surface area contributed by atoms with Crippen molar-refractivity contribution in [1.29, 1.82) is 0 Å².